The second-order valence-corrected chi connectivity index (χ2v) is 9.43. The lowest BCUT2D eigenvalue weighted by Crippen LogP contribution is -2.29. The van der Waals surface area contributed by atoms with Crippen LogP contribution in [0, 0.1) is 13.8 Å². The van der Waals surface area contributed by atoms with Crippen molar-refractivity contribution >= 4 is 44.1 Å². The number of phenols is 1. The Morgan fingerprint density at radius 1 is 1.06 bits per heavy atom. The van der Waals surface area contributed by atoms with Crippen molar-refractivity contribution in [3.05, 3.63) is 88.5 Å². The molecule has 1 aliphatic heterocycles. The topological polar surface area (TPSA) is 100.0 Å². The van der Waals surface area contributed by atoms with Crippen molar-refractivity contribution in [2.24, 2.45) is 0 Å². The summed E-state index contributed by atoms with van der Waals surface area (Å²) in [5, 5.41) is 21.7. The number of hydrogen-bond acceptors (Lipinski definition) is 7. The third-order valence-corrected chi connectivity index (χ3v) is 7.02. The predicted molar refractivity (Wildman–Crippen MR) is 135 cm³/mol. The zero-order chi connectivity index (χ0) is 24.9. The fourth-order valence-corrected chi connectivity index (χ4v) is 5.57. The van der Waals surface area contributed by atoms with Gasteiger partial charge in [0.25, 0.3) is 5.78 Å². The van der Waals surface area contributed by atoms with Gasteiger partial charge in [-0.3, -0.25) is 14.5 Å². The van der Waals surface area contributed by atoms with Gasteiger partial charge in [-0.05, 0) is 73.0 Å². The maximum Gasteiger partial charge on any atom is 0.301 e. The van der Waals surface area contributed by atoms with Crippen LogP contribution in [0.2, 0.25) is 0 Å². The van der Waals surface area contributed by atoms with Crippen molar-refractivity contribution in [2.45, 2.75) is 19.9 Å². The van der Waals surface area contributed by atoms with E-state index in [1.165, 1.54) is 35.5 Å². The number of aromatic hydroxyl groups is 1. The number of hydrogen-bond donors (Lipinski definition) is 2. The fraction of sp³-hybridized carbons (Fsp3) is 0.148. The summed E-state index contributed by atoms with van der Waals surface area (Å²) in [6.45, 7) is 3.93. The summed E-state index contributed by atoms with van der Waals surface area (Å²) >= 11 is 1.30. The van der Waals surface area contributed by atoms with Crippen molar-refractivity contribution in [2.75, 3.05) is 12.0 Å². The number of Topliss-reactive ketones (excluding diaryl/α,β-unsaturated/α-hetero) is 1. The van der Waals surface area contributed by atoms with Crippen LogP contribution in [0.4, 0.5) is 5.13 Å². The summed E-state index contributed by atoms with van der Waals surface area (Å²) in [7, 11) is 1.53. The molecule has 35 heavy (non-hydrogen) atoms. The van der Waals surface area contributed by atoms with Gasteiger partial charge >= 0.3 is 5.91 Å². The molecule has 1 amide bonds. The molecule has 0 bridgehead atoms. The highest BCUT2D eigenvalue weighted by atomic mass is 32.1. The minimum absolute atomic E-state index is 0.0201. The number of benzene rings is 3. The van der Waals surface area contributed by atoms with Gasteiger partial charge in [0, 0.05) is 5.56 Å². The van der Waals surface area contributed by atoms with Crippen LogP contribution in [0.1, 0.15) is 28.3 Å². The average molecular weight is 487 g/mol. The maximum absolute atomic E-state index is 13.4. The molecule has 1 atom stereocenters. The number of carbonyl (C=O) groups excluding carboxylic acids is 2. The fourth-order valence-electron chi connectivity index (χ4n) is 4.41. The number of aryl methyl sites for hydroxylation is 2. The Labute approximate surface area is 205 Å². The average Bonchev–Trinajstić information content (AvgIpc) is 3.37. The van der Waals surface area contributed by atoms with E-state index in [-0.39, 0.29) is 17.1 Å². The van der Waals surface area contributed by atoms with E-state index < -0.39 is 17.7 Å². The Kier molecular flexibility index (Phi) is 5.53. The molecular weight excluding hydrogens is 464 g/mol. The molecule has 1 aromatic heterocycles. The quantitative estimate of drug-likeness (QED) is 0.232. The van der Waals surface area contributed by atoms with E-state index in [1.54, 1.807) is 36.4 Å². The van der Waals surface area contributed by atoms with Crippen LogP contribution < -0.4 is 9.64 Å². The van der Waals surface area contributed by atoms with Crippen molar-refractivity contribution < 1.29 is 24.5 Å². The van der Waals surface area contributed by atoms with Crippen molar-refractivity contribution in [3.63, 3.8) is 0 Å². The number of rotatable bonds is 4. The van der Waals surface area contributed by atoms with Crippen molar-refractivity contribution in [1.29, 1.82) is 0 Å². The molecule has 0 radical (unpaired) electrons. The second kappa shape index (κ2) is 8.56. The molecule has 176 valence electrons. The first-order valence-electron chi connectivity index (χ1n) is 10.9. The number of aliphatic hydroxyl groups excluding tert-OH is 1. The minimum atomic E-state index is -0.967. The first-order valence-corrected chi connectivity index (χ1v) is 11.7. The van der Waals surface area contributed by atoms with E-state index in [0.717, 1.165) is 21.3 Å². The highest BCUT2D eigenvalue weighted by molar-refractivity contribution is 7.22. The number of methoxy groups -OCH3 is 1. The van der Waals surface area contributed by atoms with Gasteiger partial charge in [-0.25, -0.2) is 4.98 Å². The number of carbonyl (C=O) groups is 2. The first kappa shape index (κ1) is 22.6. The summed E-state index contributed by atoms with van der Waals surface area (Å²) in [4.78, 5) is 32.7. The van der Waals surface area contributed by atoms with Crippen LogP contribution in [0.15, 0.2) is 66.2 Å². The van der Waals surface area contributed by atoms with Gasteiger partial charge in [-0.2, -0.15) is 0 Å². The lowest BCUT2D eigenvalue weighted by molar-refractivity contribution is -0.132. The van der Waals surface area contributed by atoms with Gasteiger partial charge in [0.05, 0.1) is 28.9 Å². The molecular formula is C27H22N2O5S. The molecule has 8 heteroatoms. The number of amides is 1. The Bertz CT molecular complexity index is 1520. The second-order valence-electron chi connectivity index (χ2n) is 8.42. The lowest BCUT2D eigenvalue weighted by atomic mass is 9.95. The molecule has 7 nitrogen and oxygen atoms in total. The molecule has 1 saturated heterocycles. The number of nitrogens with zero attached hydrogens (tertiary/aromatic N) is 2. The monoisotopic (exact) mass is 486 g/mol. The Morgan fingerprint density at radius 3 is 2.49 bits per heavy atom. The van der Waals surface area contributed by atoms with E-state index >= 15 is 0 Å². The summed E-state index contributed by atoms with van der Waals surface area (Å²) in [6.07, 6.45) is 0. The van der Waals surface area contributed by atoms with E-state index in [0.29, 0.717) is 22.0 Å². The highest BCUT2D eigenvalue weighted by Crippen LogP contribution is 2.45. The Hall–Kier alpha value is -4.17. The van der Waals surface area contributed by atoms with Crippen LogP contribution in [-0.4, -0.2) is 34.0 Å². The molecule has 0 spiro atoms. The number of ether oxygens (including phenoxy) is 1. The summed E-state index contributed by atoms with van der Waals surface area (Å²) < 4.78 is 6.07. The molecule has 0 saturated carbocycles. The van der Waals surface area contributed by atoms with Gasteiger partial charge in [0.2, 0.25) is 0 Å². The summed E-state index contributed by atoms with van der Waals surface area (Å²) in [5.74, 6) is -1.35. The van der Waals surface area contributed by atoms with Gasteiger partial charge in [-0.1, -0.05) is 29.5 Å². The van der Waals surface area contributed by atoms with Gasteiger partial charge in [0.1, 0.15) is 17.3 Å². The molecule has 5 rings (SSSR count). The number of anilines is 1. The van der Waals surface area contributed by atoms with Crippen LogP contribution in [-0.2, 0) is 9.59 Å². The van der Waals surface area contributed by atoms with E-state index in [4.69, 9.17) is 9.72 Å². The number of aromatic nitrogens is 1. The van der Waals surface area contributed by atoms with Gasteiger partial charge in [-0.15, -0.1) is 0 Å². The van der Waals surface area contributed by atoms with Crippen molar-refractivity contribution in [3.8, 4) is 11.5 Å². The van der Waals surface area contributed by atoms with Crippen LogP contribution >= 0.6 is 11.3 Å². The number of aliphatic hydroxyl groups is 1. The van der Waals surface area contributed by atoms with E-state index in [1.807, 2.05) is 26.0 Å². The SMILES string of the molecule is COc1ccc(/C(O)=C2\C(=O)C(=O)N(c3nc4c(C)cc(C)cc4s3)C2c2cccc(O)c2)cc1. The number of phenolic OH excluding ortho intramolecular Hbond substituents is 1. The number of fused-ring (bicyclic) bond motifs is 1. The molecule has 1 unspecified atom stereocenters. The lowest BCUT2D eigenvalue weighted by Gasteiger charge is -2.23. The highest BCUT2D eigenvalue weighted by Gasteiger charge is 2.48. The van der Waals surface area contributed by atoms with Gasteiger partial charge in [0.15, 0.2) is 5.13 Å². The van der Waals surface area contributed by atoms with Crippen molar-refractivity contribution in [1.82, 2.24) is 4.98 Å². The summed E-state index contributed by atoms with van der Waals surface area (Å²) in [6, 6.07) is 15.9. The molecule has 2 N–H and O–H groups in total. The molecule has 2 heterocycles. The molecule has 3 aromatic carbocycles. The standard InChI is InChI=1S/C27H22N2O5S/c1-14-11-15(2)22-20(12-14)35-27(28-22)29-23(17-5-4-6-18(30)13-17)21(25(32)26(29)33)24(31)16-7-9-19(34-3)10-8-16/h4-13,23,30-31H,1-3H3/b24-21+. The zero-order valence-electron chi connectivity index (χ0n) is 19.3. The Balaban J connectivity index is 1.73. The Morgan fingerprint density at radius 2 is 1.80 bits per heavy atom. The zero-order valence-corrected chi connectivity index (χ0v) is 20.1. The van der Waals surface area contributed by atoms with E-state index in [9.17, 15) is 19.8 Å². The van der Waals surface area contributed by atoms with E-state index in [2.05, 4.69) is 0 Å². The number of ketones is 1. The molecule has 0 aliphatic carbocycles. The van der Waals surface area contributed by atoms with Crippen LogP contribution in [0.3, 0.4) is 0 Å². The first-order chi connectivity index (χ1) is 16.8. The molecule has 4 aromatic rings. The van der Waals surface area contributed by atoms with Gasteiger partial charge < -0.3 is 14.9 Å². The molecule has 1 fully saturated rings. The van der Waals surface area contributed by atoms with Crippen LogP contribution in [0.25, 0.3) is 16.0 Å². The summed E-state index contributed by atoms with van der Waals surface area (Å²) in [5.41, 5.74) is 3.55. The predicted octanol–water partition coefficient (Wildman–Crippen LogP) is 5.25. The smallest absolute Gasteiger partial charge is 0.301 e. The third-order valence-electron chi connectivity index (χ3n) is 6.02. The maximum atomic E-state index is 13.4. The minimum Gasteiger partial charge on any atom is -0.508 e. The molecule has 1 aliphatic rings. The van der Waals surface area contributed by atoms with Crippen LogP contribution in [0.5, 0.6) is 11.5 Å². The normalized spacial score (nSPS) is 17.3. The number of thiazole rings is 1. The third kappa shape index (κ3) is 3.81. The largest absolute Gasteiger partial charge is 0.508 e.